The minimum Gasteiger partial charge on any atom is -0.399 e. The lowest BCUT2D eigenvalue weighted by Crippen LogP contribution is -2.44. The molecule has 0 aromatic heterocycles. The summed E-state index contributed by atoms with van der Waals surface area (Å²) in [7, 11) is 1.82. The van der Waals surface area contributed by atoms with Crippen LogP contribution in [0, 0.1) is 0 Å². The molecule has 2 amide bonds. The normalized spacial score (nSPS) is 14.3. The maximum atomic E-state index is 12.4. The number of hydrogen-bond donors (Lipinski definition) is 1. The van der Waals surface area contributed by atoms with E-state index in [9.17, 15) is 4.79 Å². The third-order valence-electron chi connectivity index (χ3n) is 3.55. The number of carbonyl (C=O) groups excluding carboxylic acids is 1. The van der Waals surface area contributed by atoms with Gasteiger partial charge in [-0.2, -0.15) is 0 Å². The Morgan fingerprint density at radius 3 is 2.65 bits per heavy atom. The molecule has 0 saturated heterocycles. The number of carbonyl (C=O) groups is 1. The molecule has 2 aromatic carbocycles. The summed E-state index contributed by atoms with van der Waals surface area (Å²) in [5.74, 6) is 0. The van der Waals surface area contributed by atoms with E-state index in [4.69, 9.17) is 5.73 Å². The van der Waals surface area contributed by atoms with Gasteiger partial charge in [0, 0.05) is 19.3 Å². The zero-order valence-electron chi connectivity index (χ0n) is 11.4. The average molecular weight is 267 g/mol. The number of fused-ring (bicyclic) bond motifs is 1. The predicted molar refractivity (Wildman–Crippen MR) is 80.3 cm³/mol. The lowest BCUT2D eigenvalue weighted by Gasteiger charge is -2.35. The molecule has 1 heterocycles. The molecule has 102 valence electrons. The number of anilines is 2. The lowest BCUT2D eigenvalue weighted by atomic mass is 10.1. The fourth-order valence-corrected chi connectivity index (χ4v) is 2.52. The van der Waals surface area contributed by atoms with Crippen molar-refractivity contribution < 1.29 is 4.79 Å². The predicted octanol–water partition coefficient (Wildman–Crippen LogP) is 2.84. The van der Waals surface area contributed by atoms with Crippen LogP contribution in [0.3, 0.4) is 0 Å². The Bertz CT molecular complexity index is 639. The minimum atomic E-state index is 0.00644. The summed E-state index contributed by atoms with van der Waals surface area (Å²) in [6.07, 6.45) is 0. The third-order valence-corrected chi connectivity index (χ3v) is 3.55. The largest absolute Gasteiger partial charge is 0.399 e. The van der Waals surface area contributed by atoms with E-state index >= 15 is 0 Å². The summed E-state index contributed by atoms with van der Waals surface area (Å²) in [6, 6.07) is 15.7. The Morgan fingerprint density at radius 2 is 1.90 bits per heavy atom. The van der Waals surface area contributed by atoms with E-state index in [1.54, 1.807) is 9.80 Å². The maximum absolute atomic E-state index is 12.4. The molecule has 2 N–H and O–H groups in total. The molecule has 0 atom stereocenters. The number of nitrogen functional groups attached to an aromatic ring is 1. The first-order valence-corrected chi connectivity index (χ1v) is 6.60. The van der Waals surface area contributed by atoms with E-state index in [1.807, 2.05) is 55.6 Å². The van der Waals surface area contributed by atoms with Crippen LogP contribution in [0.1, 0.15) is 11.1 Å². The van der Waals surface area contributed by atoms with Crippen LogP contribution < -0.4 is 10.6 Å². The van der Waals surface area contributed by atoms with Crippen molar-refractivity contribution >= 4 is 17.4 Å². The van der Waals surface area contributed by atoms with Gasteiger partial charge in [-0.1, -0.05) is 36.4 Å². The molecular formula is C16H17N3O. The van der Waals surface area contributed by atoms with Crippen LogP contribution >= 0.6 is 0 Å². The molecule has 0 saturated carbocycles. The highest BCUT2D eigenvalue weighted by atomic mass is 16.2. The minimum absolute atomic E-state index is 0.00644. The second-order valence-corrected chi connectivity index (χ2v) is 5.10. The first kappa shape index (κ1) is 12.5. The smallest absolute Gasteiger partial charge is 0.324 e. The van der Waals surface area contributed by atoms with Gasteiger partial charge in [0.15, 0.2) is 0 Å². The van der Waals surface area contributed by atoms with Crippen LogP contribution in [0.5, 0.6) is 0 Å². The Kier molecular flexibility index (Phi) is 3.06. The molecule has 4 heteroatoms. The molecule has 0 unspecified atom stereocenters. The summed E-state index contributed by atoms with van der Waals surface area (Å²) in [4.78, 5) is 15.9. The van der Waals surface area contributed by atoms with E-state index in [-0.39, 0.29) is 6.03 Å². The molecule has 20 heavy (non-hydrogen) atoms. The van der Waals surface area contributed by atoms with E-state index in [1.165, 1.54) is 0 Å². The van der Waals surface area contributed by atoms with Crippen molar-refractivity contribution in [2.75, 3.05) is 17.7 Å². The Morgan fingerprint density at radius 1 is 1.15 bits per heavy atom. The van der Waals surface area contributed by atoms with Crippen molar-refractivity contribution in [1.82, 2.24) is 4.90 Å². The first-order chi connectivity index (χ1) is 9.65. The molecule has 4 nitrogen and oxygen atoms in total. The van der Waals surface area contributed by atoms with E-state index in [0.29, 0.717) is 18.8 Å². The second kappa shape index (κ2) is 4.89. The quantitative estimate of drug-likeness (QED) is 0.851. The van der Waals surface area contributed by atoms with Gasteiger partial charge in [0.2, 0.25) is 0 Å². The van der Waals surface area contributed by atoms with Gasteiger partial charge in [0.1, 0.15) is 0 Å². The van der Waals surface area contributed by atoms with E-state index < -0.39 is 0 Å². The van der Waals surface area contributed by atoms with Crippen LogP contribution in [0.15, 0.2) is 48.5 Å². The van der Waals surface area contributed by atoms with Gasteiger partial charge in [-0.15, -0.1) is 0 Å². The summed E-state index contributed by atoms with van der Waals surface area (Å²) in [5, 5.41) is 0. The molecule has 0 bridgehead atoms. The van der Waals surface area contributed by atoms with Gasteiger partial charge in [0.25, 0.3) is 0 Å². The molecule has 0 fully saturated rings. The van der Waals surface area contributed by atoms with Crippen molar-refractivity contribution in [3.63, 3.8) is 0 Å². The molecule has 3 rings (SSSR count). The van der Waals surface area contributed by atoms with Gasteiger partial charge >= 0.3 is 6.03 Å². The number of nitrogens with zero attached hydrogens (tertiary/aromatic N) is 2. The number of amides is 2. The van der Waals surface area contributed by atoms with Gasteiger partial charge in [-0.3, -0.25) is 4.90 Å². The number of rotatable bonds is 2. The number of nitrogens with two attached hydrogens (primary N) is 1. The molecule has 1 aliphatic rings. The van der Waals surface area contributed by atoms with Crippen LogP contribution in [-0.2, 0) is 13.1 Å². The molecule has 0 spiro atoms. The summed E-state index contributed by atoms with van der Waals surface area (Å²) >= 11 is 0. The molecule has 0 radical (unpaired) electrons. The number of urea groups is 1. The highest BCUT2D eigenvalue weighted by Gasteiger charge is 2.28. The monoisotopic (exact) mass is 267 g/mol. The topological polar surface area (TPSA) is 49.6 Å². The summed E-state index contributed by atoms with van der Waals surface area (Å²) in [5.41, 5.74) is 9.68. The fraction of sp³-hybridized carbons (Fsp3) is 0.188. The van der Waals surface area contributed by atoms with Gasteiger partial charge < -0.3 is 10.6 Å². The lowest BCUT2D eigenvalue weighted by molar-refractivity contribution is 0.210. The summed E-state index contributed by atoms with van der Waals surface area (Å²) in [6.45, 7) is 1.18. The van der Waals surface area contributed by atoms with Gasteiger partial charge in [-0.25, -0.2) is 4.79 Å². The zero-order valence-corrected chi connectivity index (χ0v) is 11.4. The Balaban J connectivity index is 2.00. The second-order valence-electron chi connectivity index (χ2n) is 5.10. The highest BCUT2D eigenvalue weighted by Crippen LogP contribution is 2.31. The van der Waals surface area contributed by atoms with E-state index in [0.717, 1.165) is 16.8 Å². The SMILES string of the molecule is CN1Cc2ccc(N)cc2N(Cc2ccccc2)C1=O. The molecular weight excluding hydrogens is 250 g/mol. The number of benzene rings is 2. The van der Waals surface area contributed by atoms with Crippen molar-refractivity contribution in [1.29, 1.82) is 0 Å². The van der Waals surface area contributed by atoms with Crippen molar-refractivity contribution in [2.24, 2.45) is 0 Å². The van der Waals surface area contributed by atoms with Gasteiger partial charge in [-0.05, 0) is 23.3 Å². The zero-order chi connectivity index (χ0) is 14.1. The van der Waals surface area contributed by atoms with Crippen LogP contribution in [0.2, 0.25) is 0 Å². The summed E-state index contributed by atoms with van der Waals surface area (Å²) < 4.78 is 0. The van der Waals surface area contributed by atoms with E-state index in [2.05, 4.69) is 0 Å². The van der Waals surface area contributed by atoms with Crippen molar-refractivity contribution in [3.8, 4) is 0 Å². The van der Waals surface area contributed by atoms with Gasteiger partial charge in [0.05, 0.1) is 12.2 Å². The van der Waals surface area contributed by atoms with Crippen molar-refractivity contribution in [3.05, 3.63) is 59.7 Å². The first-order valence-electron chi connectivity index (χ1n) is 6.60. The fourth-order valence-electron chi connectivity index (χ4n) is 2.52. The Labute approximate surface area is 118 Å². The van der Waals surface area contributed by atoms with Crippen LogP contribution in [0.4, 0.5) is 16.2 Å². The molecule has 0 aliphatic carbocycles. The third kappa shape index (κ3) is 2.20. The molecule has 2 aromatic rings. The number of hydrogen-bond acceptors (Lipinski definition) is 2. The Hall–Kier alpha value is -2.49. The standard InChI is InChI=1S/C16H17N3O/c1-18-11-13-7-8-14(17)9-15(13)19(16(18)20)10-12-5-3-2-4-6-12/h2-9H,10-11,17H2,1H3. The van der Waals surface area contributed by atoms with Crippen molar-refractivity contribution in [2.45, 2.75) is 13.1 Å². The average Bonchev–Trinajstić information content (AvgIpc) is 2.46. The highest BCUT2D eigenvalue weighted by molar-refractivity contribution is 5.95. The van der Waals surface area contributed by atoms with Crippen LogP contribution in [-0.4, -0.2) is 18.0 Å². The van der Waals surface area contributed by atoms with Crippen LogP contribution in [0.25, 0.3) is 0 Å². The maximum Gasteiger partial charge on any atom is 0.324 e. The molecule has 1 aliphatic heterocycles.